The summed E-state index contributed by atoms with van der Waals surface area (Å²) in [6, 6.07) is 9.25. The van der Waals surface area contributed by atoms with Crippen molar-refractivity contribution in [3.05, 3.63) is 77.8 Å². The first-order chi connectivity index (χ1) is 15.4. The van der Waals surface area contributed by atoms with Gasteiger partial charge < -0.3 is 8.83 Å². The molecule has 32 heavy (non-hydrogen) atoms. The van der Waals surface area contributed by atoms with Gasteiger partial charge in [-0.2, -0.15) is 0 Å². The topological polar surface area (TPSA) is 152 Å². The first-order valence-electron chi connectivity index (χ1n) is 9.49. The lowest BCUT2D eigenvalue weighted by Crippen LogP contribution is -2.05. The number of fused-ring (bicyclic) bond motifs is 6. The molecule has 0 amide bonds. The summed E-state index contributed by atoms with van der Waals surface area (Å²) < 4.78 is 11.9. The molecule has 0 atom stereocenters. The summed E-state index contributed by atoms with van der Waals surface area (Å²) in [5, 5.41) is 0.941. The molecule has 7 aromatic rings. The van der Waals surface area contributed by atoms with Gasteiger partial charge >= 0.3 is 0 Å². The number of aromatic nitrogens is 4. The number of hydrogen-bond donors (Lipinski definition) is 2. The highest BCUT2D eigenvalue weighted by atomic mass is 16.3. The van der Waals surface area contributed by atoms with Crippen molar-refractivity contribution in [3.63, 3.8) is 0 Å². The number of nitrogens with zero attached hydrogens (tertiary/aromatic N) is 2. The summed E-state index contributed by atoms with van der Waals surface area (Å²) in [5.41, 5.74) is 1.26. The molecule has 0 bridgehead atoms. The lowest BCUT2D eigenvalue weighted by Gasteiger charge is -2.05. The van der Waals surface area contributed by atoms with E-state index < -0.39 is 22.2 Å². The molecule has 0 fully saturated rings. The summed E-state index contributed by atoms with van der Waals surface area (Å²) in [5.74, 6) is 0. The predicted octanol–water partition coefficient (Wildman–Crippen LogP) is 2.12. The molecule has 3 aromatic carbocycles. The van der Waals surface area contributed by atoms with Crippen molar-refractivity contribution in [3.8, 4) is 0 Å². The normalized spacial score (nSPS) is 12.2. The zero-order chi connectivity index (χ0) is 21.7. The van der Waals surface area contributed by atoms with E-state index in [0.717, 1.165) is 0 Å². The Morgan fingerprint density at radius 3 is 1.19 bits per heavy atom. The molecule has 152 valence electrons. The van der Waals surface area contributed by atoms with Crippen LogP contribution in [0, 0.1) is 0 Å². The lowest BCUT2D eigenvalue weighted by molar-refractivity contribution is 0.649. The van der Waals surface area contributed by atoms with E-state index in [1.54, 1.807) is 12.1 Å². The lowest BCUT2D eigenvalue weighted by atomic mass is 10.2. The van der Waals surface area contributed by atoms with Crippen LogP contribution in [-0.4, -0.2) is 19.9 Å². The van der Waals surface area contributed by atoms with Crippen LogP contribution in [-0.2, 0) is 0 Å². The zero-order valence-corrected chi connectivity index (χ0v) is 15.8. The molecule has 0 saturated carbocycles. The highest BCUT2D eigenvalue weighted by molar-refractivity contribution is 6.00. The molecule has 0 aliphatic carbocycles. The van der Waals surface area contributed by atoms with E-state index >= 15 is 0 Å². The predicted molar refractivity (Wildman–Crippen MR) is 117 cm³/mol. The molecular weight excluding hydrogens is 416 g/mol. The van der Waals surface area contributed by atoms with Crippen LogP contribution in [0.4, 0.5) is 0 Å². The van der Waals surface area contributed by atoms with Gasteiger partial charge in [-0.05, 0) is 24.3 Å². The molecule has 4 aromatic heterocycles. The summed E-state index contributed by atoms with van der Waals surface area (Å²) >= 11 is 0. The highest BCUT2D eigenvalue weighted by Gasteiger charge is 2.14. The Morgan fingerprint density at radius 1 is 0.469 bits per heavy atom. The van der Waals surface area contributed by atoms with E-state index in [-0.39, 0.29) is 21.5 Å². The number of nitrogens with one attached hydrogen (secondary N) is 2. The van der Waals surface area contributed by atoms with Gasteiger partial charge in [0.25, 0.3) is 22.2 Å². The second-order valence-corrected chi connectivity index (χ2v) is 7.51. The maximum Gasteiger partial charge on any atom is 0.259 e. The first kappa shape index (κ1) is 16.9. The Morgan fingerprint density at radius 2 is 0.781 bits per heavy atom. The van der Waals surface area contributed by atoms with Crippen LogP contribution in [0.1, 0.15) is 0 Å². The summed E-state index contributed by atoms with van der Waals surface area (Å²) in [7, 11) is 0. The summed E-state index contributed by atoms with van der Waals surface area (Å²) in [4.78, 5) is 61.3. The molecule has 10 heteroatoms. The summed E-state index contributed by atoms with van der Waals surface area (Å²) in [6.07, 6.45) is 0. The Kier molecular flexibility index (Phi) is 2.87. The standard InChI is InChI=1S/C22H8N4O6/c27-19-7-1-11-15(3-9(7)21(29)25-19)31-17-6-14-18(5-13(17)23-11)32-16-4-10-8(2-12(16)24-14)20(28)26-22(10)30/h1-6H,(H,25,27,29)(H,26,28,30). The fraction of sp³-hybridized carbons (Fsp3) is 0. The average molecular weight is 424 g/mol. The van der Waals surface area contributed by atoms with Crippen LogP contribution in [0.3, 0.4) is 0 Å². The van der Waals surface area contributed by atoms with E-state index in [0.29, 0.717) is 44.4 Å². The molecule has 0 spiro atoms. The van der Waals surface area contributed by atoms with Crippen LogP contribution < -0.4 is 22.2 Å². The number of aromatic amines is 2. The Balaban J connectivity index is 1.57. The quantitative estimate of drug-likeness (QED) is 0.351. The number of rotatable bonds is 0. The van der Waals surface area contributed by atoms with Crippen LogP contribution in [0.5, 0.6) is 0 Å². The third-order valence-corrected chi connectivity index (χ3v) is 5.59. The molecule has 7 rings (SSSR count). The van der Waals surface area contributed by atoms with Gasteiger partial charge in [0.15, 0.2) is 22.3 Å². The highest BCUT2D eigenvalue weighted by Crippen LogP contribution is 2.28. The minimum Gasteiger partial charge on any atom is -0.453 e. The maximum atomic E-state index is 11.9. The van der Waals surface area contributed by atoms with Crippen molar-refractivity contribution in [2.75, 3.05) is 0 Å². The molecular formula is C22H8N4O6. The van der Waals surface area contributed by atoms with Crippen LogP contribution in [0.2, 0.25) is 0 Å². The van der Waals surface area contributed by atoms with Gasteiger partial charge in [0.05, 0.1) is 21.5 Å². The van der Waals surface area contributed by atoms with Gasteiger partial charge in [-0.15, -0.1) is 0 Å². The molecule has 10 nitrogen and oxygen atoms in total. The SMILES string of the molecule is O=c1[nH]c(=O)c2cc3oc4cc5nc6cc7c(=O)[nH]c(=O)c7cc6oc5cc4nc3cc12. The molecule has 0 aliphatic rings. The van der Waals surface area contributed by atoms with Crippen molar-refractivity contribution in [2.24, 2.45) is 0 Å². The van der Waals surface area contributed by atoms with Gasteiger partial charge in [-0.1, -0.05) is 0 Å². The van der Waals surface area contributed by atoms with Crippen LogP contribution in [0.25, 0.3) is 65.9 Å². The largest absolute Gasteiger partial charge is 0.453 e. The Labute approximate surface area is 173 Å². The number of benzene rings is 3. The van der Waals surface area contributed by atoms with Gasteiger partial charge in [0.2, 0.25) is 0 Å². The van der Waals surface area contributed by atoms with Gasteiger partial charge in [-0.25, -0.2) is 9.97 Å². The molecule has 0 saturated heterocycles. The smallest absolute Gasteiger partial charge is 0.259 e. The third-order valence-electron chi connectivity index (χ3n) is 5.59. The van der Waals surface area contributed by atoms with E-state index in [1.165, 1.54) is 24.3 Å². The number of H-pyrrole nitrogens is 2. The summed E-state index contributed by atoms with van der Waals surface area (Å²) in [6.45, 7) is 0. The van der Waals surface area contributed by atoms with Crippen LogP contribution >= 0.6 is 0 Å². The minimum atomic E-state index is -0.484. The van der Waals surface area contributed by atoms with Gasteiger partial charge in [0, 0.05) is 12.1 Å². The van der Waals surface area contributed by atoms with E-state index in [2.05, 4.69) is 19.9 Å². The third kappa shape index (κ3) is 2.12. The van der Waals surface area contributed by atoms with E-state index in [4.69, 9.17) is 8.83 Å². The second-order valence-electron chi connectivity index (χ2n) is 7.51. The van der Waals surface area contributed by atoms with Crippen molar-refractivity contribution < 1.29 is 8.83 Å². The zero-order valence-electron chi connectivity index (χ0n) is 15.8. The minimum absolute atomic E-state index is 0.231. The molecule has 0 unspecified atom stereocenters. The molecule has 2 N–H and O–H groups in total. The Hall–Kier alpha value is -4.86. The molecule has 4 heterocycles. The maximum absolute atomic E-state index is 11.9. The van der Waals surface area contributed by atoms with Gasteiger partial charge in [0.1, 0.15) is 22.1 Å². The monoisotopic (exact) mass is 424 g/mol. The Bertz CT molecular complexity index is 1880. The van der Waals surface area contributed by atoms with E-state index in [9.17, 15) is 19.2 Å². The second kappa shape index (κ2) is 5.43. The van der Waals surface area contributed by atoms with Gasteiger partial charge in [-0.3, -0.25) is 29.1 Å². The van der Waals surface area contributed by atoms with Crippen molar-refractivity contribution in [2.45, 2.75) is 0 Å². The van der Waals surface area contributed by atoms with E-state index in [1.807, 2.05) is 0 Å². The van der Waals surface area contributed by atoms with Crippen molar-refractivity contribution in [1.82, 2.24) is 19.9 Å². The average Bonchev–Trinajstić information content (AvgIpc) is 3.20. The van der Waals surface area contributed by atoms with Crippen molar-refractivity contribution in [1.29, 1.82) is 0 Å². The number of hydrogen-bond acceptors (Lipinski definition) is 8. The fourth-order valence-corrected chi connectivity index (χ4v) is 4.08. The van der Waals surface area contributed by atoms with Crippen LogP contribution in [0.15, 0.2) is 64.4 Å². The molecule has 0 aliphatic heterocycles. The fourth-order valence-electron chi connectivity index (χ4n) is 4.08. The first-order valence-corrected chi connectivity index (χ1v) is 9.49. The van der Waals surface area contributed by atoms with Crippen molar-refractivity contribution >= 4 is 65.9 Å². The molecule has 0 radical (unpaired) electrons.